The largest absolute Gasteiger partial charge is 0.494 e. The molecule has 0 aliphatic heterocycles. The van der Waals surface area contributed by atoms with Crippen molar-refractivity contribution in [2.24, 2.45) is 0 Å². The Hall–Kier alpha value is -4.33. The highest BCUT2D eigenvalue weighted by Gasteiger charge is 2.17. The third-order valence-corrected chi connectivity index (χ3v) is 5.09. The van der Waals surface area contributed by atoms with Gasteiger partial charge in [-0.2, -0.15) is 0 Å². The van der Waals surface area contributed by atoms with E-state index in [1.54, 1.807) is 36.4 Å². The lowest BCUT2D eigenvalue weighted by Gasteiger charge is -2.16. The van der Waals surface area contributed by atoms with Crippen molar-refractivity contribution in [1.29, 1.82) is 0 Å². The van der Waals surface area contributed by atoms with Gasteiger partial charge in [-0.15, -0.1) is 0 Å². The summed E-state index contributed by atoms with van der Waals surface area (Å²) in [5.74, 6) is 0.239. The molecule has 4 aromatic rings. The molecule has 0 spiro atoms. The van der Waals surface area contributed by atoms with E-state index in [0.717, 1.165) is 11.2 Å². The Morgan fingerprint density at radius 2 is 1.61 bits per heavy atom. The summed E-state index contributed by atoms with van der Waals surface area (Å²) in [4.78, 5) is 29.8. The summed E-state index contributed by atoms with van der Waals surface area (Å²) in [6, 6.07) is 16.0. The van der Waals surface area contributed by atoms with Crippen LogP contribution in [0.3, 0.4) is 0 Å². The fraction of sp³-hybridized carbons (Fsp3) is 0.160. The zero-order chi connectivity index (χ0) is 23.4. The second kappa shape index (κ2) is 9.44. The Balaban J connectivity index is 1.52. The van der Waals surface area contributed by atoms with E-state index in [2.05, 4.69) is 15.6 Å². The van der Waals surface area contributed by atoms with Crippen molar-refractivity contribution in [1.82, 2.24) is 9.38 Å². The average molecular weight is 444 g/mol. The molecule has 4 rings (SSSR count). The summed E-state index contributed by atoms with van der Waals surface area (Å²) >= 11 is 0. The molecule has 2 amide bonds. The van der Waals surface area contributed by atoms with Gasteiger partial charge in [-0.25, -0.2) is 4.98 Å². The Labute approximate surface area is 191 Å². The smallest absolute Gasteiger partial charge is 0.255 e. The van der Waals surface area contributed by atoms with E-state index in [-0.39, 0.29) is 18.2 Å². The number of carbonyl (C=O) groups excluding carboxylic acids is 2. The Kier molecular flexibility index (Phi) is 6.26. The van der Waals surface area contributed by atoms with Crippen molar-refractivity contribution in [2.75, 3.05) is 24.9 Å². The number of carbonyl (C=O) groups is 2. The lowest BCUT2D eigenvalue weighted by atomic mass is 10.2. The number of imidazole rings is 1. The van der Waals surface area contributed by atoms with E-state index in [4.69, 9.17) is 9.47 Å². The minimum Gasteiger partial charge on any atom is -0.494 e. The number of nitrogens with one attached hydrogen (secondary N) is 2. The number of hydrogen-bond acceptors (Lipinski definition) is 5. The zero-order valence-corrected chi connectivity index (χ0v) is 18.6. The molecule has 2 aromatic carbocycles. The second-order valence-corrected chi connectivity index (χ2v) is 7.50. The van der Waals surface area contributed by atoms with Gasteiger partial charge >= 0.3 is 0 Å². The molecule has 0 radical (unpaired) electrons. The Morgan fingerprint density at radius 1 is 0.939 bits per heavy atom. The molecular weight excluding hydrogens is 420 g/mol. The standard InChI is InChI=1S/C25H24N4O4/c1-16-9-10-29-15-18(26-23(29)11-16)12-24(30)27-19-13-22(33-3)20(14-21(19)32-2)28-25(31)17-7-5-4-6-8-17/h4-11,13-15H,12H2,1-3H3,(H,27,30)(H,28,31). The van der Waals surface area contributed by atoms with E-state index in [1.807, 2.05) is 41.9 Å². The maximum atomic E-state index is 12.7. The molecule has 0 fully saturated rings. The number of aryl methyl sites for hydroxylation is 1. The molecule has 0 saturated heterocycles. The van der Waals surface area contributed by atoms with Crippen LogP contribution in [0.25, 0.3) is 5.65 Å². The van der Waals surface area contributed by atoms with Crippen molar-refractivity contribution in [3.05, 3.63) is 83.8 Å². The Bertz CT molecular complexity index is 1310. The number of ether oxygens (including phenoxy) is 2. The summed E-state index contributed by atoms with van der Waals surface area (Å²) < 4.78 is 12.8. The fourth-order valence-corrected chi connectivity index (χ4v) is 3.46. The minimum atomic E-state index is -0.283. The molecular formula is C25H24N4O4. The second-order valence-electron chi connectivity index (χ2n) is 7.50. The molecule has 33 heavy (non-hydrogen) atoms. The molecule has 0 aliphatic rings. The SMILES string of the molecule is COc1cc(NC(=O)c2ccccc2)c(OC)cc1NC(=O)Cc1cn2ccc(C)cc2n1. The predicted molar refractivity (Wildman–Crippen MR) is 126 cm³/mol. The molecule has 8 nitrogen and oxygen atoms in total. The van der Waals surface area contributed by atoms with Crippen molar-refractivity contribution in [2.45, 2.75) is 13.3 Å². The third-order valence-electron chi connectivity index (χ3n) is 5.09. The molecule has 2 N–H and O–H groups in total. The van der Waals surface area contributed by atoms with E-state index in [0.29, 0.717) is 34.1 Å². The molecule has 0 saturated carbocycles. The Morgan fingerprint density at radius 3 is 2.27 bits per heavy atom. The van der Waals surface area contributed by atoms with Crippen LogP contribution in [0.5, 0.6) is 11.5 Å². The van der Waals surface area contributed by atoms with Gasteiger partial charge in [-0.1, -0.05) is 18.2 Å². The van der Waals surface area contributed by atoms with Gasteiger partial charge in [0.05, 0.1) is 37.7 Å². The molecule has 0 unspecified atom stereocenters. The first-order valence-electron chi connectivity index (χ1n) is 10.3. The third kappa shape index (κ3) is 4.95. The fourth-order valence-electron chi connectivity index (χ4n) is 3.46. The number of fused-ring (bicyclic) bond motifs is 1. The monoisotopic (exact) mass is 444 g/mol. The van der Waals surface area contributed by atoms with Gasteiger partial charge in [-0.05, 0) is 36.8 Å². The summed E-state index contributed by atoms with van der Waals surface area (Å²) in [6.45, 7) is 1.99. The highest BCUT2D eigenvalue weighted by Crippen LogP contribution is 2.36. The highest BCUT2D eigenvalue weighted by molar-refractivity contribution is 6.05. The molecule has 8 heteroatoms. The van der Waals surface area contributed by atoms with Crippen LogP contribution in [0.4, 0.5) is 11.4 Å². The van der Waals surface area contributed by atoms with Gasteiger partial charge in [0.1, 0.15) is 17.1 Å². The van der Waals surface area contributed by atoms with E-state index < -0.39 is 0 Å². The highest BCUT2D eigenvalue weighted by atomic mass is 16.5. The van der Waals surface area contributed by atoms with Crippen LogP contribution in [0, 0.1) is 6.92 Å². The van der Waals surface area contributed by atoms with Gasteiger partial charge in [0, 0.05) is 30.1 Å². The maximum Gasteiger partial charge on any atom is 0.255 e. The topological polar surface area (TPSA) is 94.0 Å². The minimum absolute atomic E-state index is 0.0959. The van der Waals surface area contributed by atoms with Crippen LogP contribution < -0.4 is 20.1 Å². The quantitative estimate of drug-likeness (QED) is 0.448. The van der Waals surface area contributed by atoms with Crippen LogP contribution in [-0.2, 0) is 11.2 Å². The van der Waals surface area contributed by atoms with Crippen molar-refractivity contribution >= 4 is 28.8 Å². The predicted octanol–water partition coefficient (Wildman–Crippen LogP) is 4.09. The maximum absolute atomic E-state index is 12.7. The number of nitrogens with zero attached hydrogens (tertiary/aromatic N) is 2. The van der Waals surface area contributed by atoms with Gasteiger partial charge in [0.2, 0.25) is 5.91 Å². The van der Waals surface area contributed by atoms with E-state index >= 15 is 0 Å². The molecule has 0 atom stereocenters. The van der Waals surface area contributed by atoms with Crippen molar-refractivity contribution < 1.29 is 19.1 Å². The average Bonchev–Trinajstić information content (AvgIpc) is 3.21. The molecule has 2 heterocycles. The van der Waals surface area contributed by atoms with Crippen LogP contribution in [0.15, 0.2) is 67.0 Å². The van der Waals surface area contributed by atoms with Gasteiger partial charge in [0.25, 0.3) is 5.91 Å². The van der Waals surface area contributed by atoms with Gasteiger partial charge in [0.15, 0.2) is 0 Å². The first-order valence-corrected chi connectivity index (χ1v) is 10.3. The van der Waals surface area contributed by atoms with E-state index in [9.17, 15) is 9.59 Å². The van der Waals surface area contributed by atoms with Crippen LogP contribution >= 0.6 is 0 Å². The number of amides is 2. The summed E-state index contributed by atoms with van der Waals surface area (Å²) in [6.07, 6.45) is 3.84. The van der Waals surface area contributed by atoms with Crippen molar-refractivity contribution in [3.8, 4) is 11.5 Å². The number of benzene rings is 2. The van der Waals surface area contributed by atoms with Crippen LogP contribution in [0.2, 0.25) is 0 Å². The van der Waals surface area contributed by atoms with Crippen LogP contribution in [0.1, 0.15) is 21.6 Å². The lowest BCUT2D eigenvalue weighted by molar-refractivity contribution is -0.115. The molecule has 0 aliphatic carbocycles. The number of hydrogen-bond donors (Lipinski definition) is 2. The van der Waals surface area contributed by atoms with Crippen molar-refractivity contribution in [3.63, 3.8) is 0 Å². The van der Waals surface area contributed by atoms with Crippen LogP contribution in [-0.4, -0.2) is 35.4 Å². The number of rotatable bonds is 7. The van der Waals surface area contributed by atoms with Gasteiger partial charge in [-0.3, -0.25) is 9.59 Å². The van der Waals surface area contributed by atoms with E-state index in [1.165, 1.54) is 14.2 Å². The lowest BCUT2D eigenvalue weighted by Crippen LogP contribution is -2.16. The van der Waals surface area contributed by atoms with Gasteiger partial charge < -0.3 is 24.5 Å². The number of pyridine rings is 1. The number of methoxy groups -OCH3 is 2. The summed E-state index contributed by atoms with van der Waals surface area (Å²) in [5, 5.41) is 5.67. The number of anilines is 2. The first-order chi connectivity index (χ1) is 16.0. The normalized spacial score (nSPS) is 10.6. The number of aromatic nitrogens is 2. The summed E-state index contributed by atoms with van der Waals surface area (Å²) in [7, 11) is 2.98. The zero-order valence-electron chi connectivity index (χ0n) is 18.6. The molecule has 2 aromatic heterocycles. The molecule has 0 bridgehead atoms. The summed E-state index contributed by atoms with van der Waals surface area (Å²) in [5.41, 5.74) is 3.90. The first kappa shape index (κ1) is 21.9. The molecule has 168 valence electrons.